The number of aromatic nitrogens is 1. The van der Waals surface area contributed by atoms with Crippen molar-refractivity contribution in [2.45, 2.75) is 11.4 Å². The molecule has 7 heteroatoms. The first-order chi connectivity index (χ1) is 11.0. The van der Waals surface area contributed by atoms with Crippen LogP contribution in [0.5, 0.6) is 0 Å². The normalized spacial score (nSPS) is 11.5. The molecular weight excluding hydrogens is 319 g/mol. The van der Waals surface area contributed by atoms with Gasteiger partial charge in [-0.1, -0.05) is 6.07 Å². The van der Waals surface area contributed by atoms with Crippen LogP contribution in [0.2, 0.25) is 0 Å². The molecule has 0 fully saturated rings. The predicted octanol–water partition coefficient (Wildman–Crippen LogP) is 2.96. The molecule has 1 aromatic carbocycles. The summed E-state index contributed by atoms with van der Waals surface area (Å²) in [4.78, 5) is 3.96. The van der Waals surface area contributed by atoms with E-state index in [4.69, 9.17) is 4.42 Å². The second kappa shape index (κ2) is 6.31. The molecule has 1 N–H and O–H groups in total. The molecule has 0 saturated carbocycles. The second-order valence-corrected chi connectivity index (χ2v) is 6.61. The molecule has 0 aliphatic rings. The number of hydrogen-bond acceptors (Lipinski definition) is 4. The van der Waals surface area contributed by atoms with Gasteiger partial charge in [-0.05, 0) is 42.0 Å². The number of furan rings is 1. The lowest BCUT2D eigenvalue weighted by Gasteiger charge is -2.07. The van der Waals surface area contributed by atoms with E-state index in [-0.39, 0.29) is 11.4 Å². The predicted molar refractivity (Wildman–Crippen MR) is 82.4 cm³/mol. The van der Waals surface area contributed by atoms with Crippen LogP contribution in [0.15, 0.2) is 70.4 Å². The lowest BCUT2D eigenvalue weighted by Crippen LogP contribution is -2.23. The third-order valence-corrected chi connectivity index (χ3v) is 4.57. The van der Waals surface area contributed by atoms with Gasteiger partial charge in [-0.2, -0.15) is 0 Å². The number of nitrogens with one attached hydrogen (secondary N) is 1. The minimum absolute atomic E-state index is 0.0421. The molecule has 0 unspecified atom stereocenters. The molecule has 118 valence electrons. The van der Waals surface area contributed by atoms with Gasteiger partial charge in [0.2, 0.25) is 10.0 Å². The Morgan fingerprint density at radius 3 is 2.74 bits per heavy atom. The summed E-state index contributed by atoms with van der Waals surface area (Å²) in [6, 6.07) is 10.2. The number of nitrogens with zero attached hydrogens (tertiary/aromatic N) is 1. The van der Waals surface area contributed by atoms with Crippen molar-refractivity contribution >= 4 is 10.0 Å². The molecule has 0 aliphatic heterocycles. The summed E-state index contributed by atoms with van der Waals surface area (Å²) in [6.45, 7) is 0.0421. The van der Waals surface area contributed by atoms with Crippen LogP contribution < -0.4 is 4.72 Å². The fourth-order valence-corrected chi connectivity index (χ4v) is 3.11. The van der Waals surface area contributed by atoms with Gasteiger partial charge in [0.25, 0.3) is 0 Å². The van der Waals surface area contributed by atoms with E-state index < -0.39 is 15.8 Å². The zero-order valence-corrected chi connectivity index (χ0v) is 12.8. The van der Waals surface area contributed by atoms with Crippen molar-refractivity contribution in [3.63, 3.8) is 0 Å². The molecule has 0 aliphatic carbocycles. The van der Waals surface area contributed by atoms with Crippen molar-refractivity contribution in [3.8, 4) is 11.3 Å². The van der Waals surface area contributed by atoms with E-state index in [2.05, 4.69) is 9.71 Å². The molecule has 0 bridgehead atoms. The first-order valence-electron chi connectivity index (χ1n) is 6.78. The Bertz CT molecular complexity index is 909. The average molecular weight is 332 g/mol. The molecule has 3 rings (SSSR count). The SMILES string of the molecule is O=S(=O)(NCc1cncc(-c2ccco2)c1)c1cccc(F)c1. The first-order valence-corrected chi connectivity index (χ1v) is 8.26. The van der Waals surface area contributed by atoms with E-state index in [1.165, 1.54) is 18.2 Å². The minimum Gasteiger partial charge on any atom is -0.464 e. The molecule has 0 atom stereocenters. The third kappa shape index (κ3) is 3.64. The summed E-state index contributed by atoms with van der Waals surface area (Å²) in [7, 11) is -3.79. The largest absolute Gasteiger partial charge is 0.464 e. The van der Waals surface area contributed by atoms with Gasteiger partial charge in [0.05, 0.1) is 11.2 Å². The van der Waals surface area contributed by atoms with Crippen LogP contribution in [0.4, 0.5) is 4.39 Å². The van der Waals surface area contributed by atoms with Gasteiger partial charge < -0.3 is 4.42 Å². The Balaban J connectivity index is 1.77. The number of rotatable bonds is 5. The van der Waals surface area contributed by atoms with Gasteiger partial charge in [0.15, 0.2) is 0 Å². The summed E-state index contributed by atoms with van der Waals surface area (Å²) < 4.78 is 45.2. The highest BCUT2D eigenvalue weighted by Crippen LogP contribution is 2.20. The molecule has 0 saturated heterocycles. The topological polar surface area (TPSA) is 72.2 Å². The maximum Gasteiger partial charge on any atom is 0.240 e. The lowest BCUT2D eigenvalue weighted by atomic mass is 10.2. The molecule has 2 heterocycles. The van der Waals surface area contributed by atoms with E-state index in [9.17, 15) is 12.8 Å². The van der Waals surface area contributed by atoms with E-state index in [0.717, 1.165) is 11.6 Å². The van der Waals surface area contributed by atoms with E-state index in [0.29, 0.717) is 11.3 Å². The lowest BCUT2D eigenvalue weighted by molar-refractivity contribution is 0.577. The molecule has 0 radical (unpaired) electrons. The average Bonchev–Trinajstić information content (AvgIpc) is 3.08. The molecule has 3 aromatic rings. The van der Waals surface area contributed by atoms with Gasteiger partial charge in [0.1, 0.15) is 11.6 Å². The number of hydrogen-bond donors (Lipinski definition) is 1. The van der Waals surface area contributed by atoms with Crippen LogP contribution >= 0.6 is 0 Å². The number of benzene rings is 1. The molecule has 0 spiro atoms. The number of sulfonamides is 1. The third-order valence-electron chi connectivity index (χ3n) is 3.17. The molecule has 23 heavy (non-hydrogen) atoms. The molecule has 2 aromatic heterocycles. The van der Waals surface area contributed by atoms with Crippen LogP contribution in [-0.4, -0.2) is 13.4 Å². The summed E-state index contributed by atoms with van der Waals surface area (Å²) in [5.41, 5.74) is 1.41. The van der Waals surface area contributed by atoms with Gasteiger partial charge in [-0.25, -0.2) is 17.5 Å². The Labute approximate surface area is 132 Å². The second-order valence-electron chi connectivity index (χ2n) is 4.84. The van der Waals surface area contributed by atoms with Crippen LogP contribution in [0.25, 0.3) is 11.3 Å². The van der Waals surface area contributed by atoms with Crippen LogP contribution in [0, 0.1) is 5.82 Å². The summed E-state index contributed by atoms with van der Waals surface area (Å²) in [5, 5.41) is 0. The van der Waals surface area contributed by atoms with Gasteiger partial charge in [-0.3, -0.25) is 4.98 Å². The van der Waals surface area contributed by atoms with E-state index in [1.54, 1.807) is 36.9 Å². The Morgan fingerprint density at radius 2 is 2.00 bits per heavy atom. The van der Waals surface area contributed by atoms with Crippen molar-refractivity contribution in [3.05, 3.63) is 72.5 Å². The quantitative estimate of drug-likeness (QED) is 0.780. The highest BCUT2D eigenvalue weighted by atomic mass is 32.2. The van der Waals surface area contributed by atoms with Crippen molar-refractivity contribution < 1.29 is 17.2 Å². The zero-order valence-electron chi connectivity index (χ0n) is 11.9. The molecule has 0 amide bonds. The van der Waals surface area contributed by atoms with Gasteiger partial charge in [-0.15, -0.1) is 0 Å². The van der Waals surface area contributed by atoms with Crippen molar-refractivity contribution in [2.75, 3.05) is 0 Å². The Morgan fingerprint density at radius 1 is 1.13 bits per heavy atom. The highest BCUT2D eigenvalue weighted by molar-refractivity contribution is 7.89. The van der Waals surface area contributed by atoms with Crippen molar-refractivity contribution in [1.82, 2.24) is 9.71 Å². The van der Waals surface area contributed by atoms with Crippen LogP contribution in [-0.2, 0) is 16.6 Å². The van der Waals surface area contributed by atoms with Crippen molar-refractivity contribution in [2.24, 2.45) is 0 Å². The zero-order chi connectivity index (χ0) is 16.3. The number of halogens is 1. The van der Waals surface area contributed by atoms with E-state index >= 15 is 0 Å². The van der Waals surface area contributed by atoms with Gasteiger partial charge in [0, 0.05) is 24.5 Å². The smallest absolute Gasteiger partial charge is 0.240 e. The number of pyridine rings is 1. The summed E-state index contributed by atoms with van der Waals surface area (Å²) in [6.07, 6.45) is 4.73. The molecular formula is C16H13FN2O3S. The van der Waals surface area contributed by atoms with Gasteiger partial charge >= 0.3 is 0 Å². The van der Waals surface area contributed by atoms with Crippen LogP contribution in [0.1, 0.15) is 5.56 Å². The maximum absolute atomic E-state index is 13.2. The fourth-order valence-electron chi connectivity index (χ4n) is 2.06. The van der Waals surface area contributed by atoms with E-state index in [1.807, 2.05) is 0 Å². The summed E-state index contributed by atoms with van der Waals surface area (Å²) in [5.74, 6) is 0.0432. The Hall–Kier alpha value is -2.51. The first kappa shape index (κ1) is 15.4. The Kier molecular flexibility index (Phi) is 4.22. The van der Waals surface area contributed by atoms with Crippen LogP contribution in [0.3, 0.4) is 0 Å². The molecule has 5 nitrogen and oxygen atoms in total. The standard InChI is InChI=1S/C16H13FN2O3S/c17-14-3-1-4-15(8-14)23(20,21)19-10-12-7-13(11-18-9-12)16-5-2-6-22-16/h1-9,11,19H,10H2. The highest BCUT2D eigenvalue weighted by Gasteiger charge is 2.14. The fraction of sp³-hybridized carbons (Fsp3) is 0.0625. The minimum atomic E-state index is -3.79. The maximum atomic E-state index is 13.2. The summed E-state index contributed by atoms with van der Waals surface area (Å²) >= 11 is 0. The monoisotopic (exact) mass is 332 g/mol. The van der Waals surface area contributed by atoms with Crippen molar-refractivity contribution in [1.29, 1.82) is 0 Å².